The average Bonchev–Trinajstić information content (AvgIpc) is 2.03. The lowest BCUT2D eigenvalue weighted by Crippen LogP contribution is -2.48. The summed E-state index contributed by atoms with van der Waals surface area (Å²) < 4.78 is 0. The van der Waals surface area contributed by atoms with E-state index in [2.05, 4.69) is 10.6 Å². The maximum Gasteiger partial charge on any atom is 0.303 e. The Kier molecular flexibility index (Phi) is 3.32. The standard InChI is InChI=1S/C7H14N2O2/c10-7(11)2-1-6-5-8-3-4-9-6/h6,8-9H,1-5H2,(H,10,11)/t6-/m0/s1. The van der Waals surface area contributed by atoms with Crippen molar-refractivity contribution in [3.8, 4) is 0 Å². The zero-order valence-electron chi connectivity index (χ0n) is 6.47. The molecule has 4 heteroatoms. The van der Waals surface area contributed by atoms with E-state index in [1.165, 1.54) is 0 Å². The van der Waals surface area contributed by atoms with Crippen LogP contribution in [0.2, 0.25) is 0 Å². The van der Waals surface area contributed by atoms with Gasteiger partial charge in [-0.05, 0) is 6.42 Å². The van der Waals surface area contributed by atoms with E-state index < -0.39 is 5.97 Å². The van der Waals surface area contributed by atoms with Gasteiger partial charge in [-0.15, -0.1) is 0 Å². The van der Waals surface area contributed by atoms with Gasteiger partial charge in [0.25, 0.3) is 0 Å². The fourth-order valence-electron chi connectivity index (χ4n) is 1.21. The van der Waals surface area contributed by atoms with Gasteiger partial charge in [0.05, 0.1) is 0 Å². The van der Waals surface area contributed by atoms with Crippen molar-refractivity contribution < 1.29 is 9.90 Å². The number of hydrogen-bond acceptors (Lipinski definition) is 3. The molecule has 11 heavy (non-hydrogen) atoms. The number of carboxylic acid groups (broad SMARTS) is 1. The van der Waals surface area contributed by atoms with Crippen molar-refractivity contribution in [1.29, 1.82) is 0 Å². The minimum Gasteiger partial charge on any atom is -0.481 e. The molecule has 0 amide bonds. The maximum atomic E-state index is 10.2. The van der Waals surface area contributed by atoms with Crippen LogP contribution in [0.5, 0.6) is 0 Å². The minimum absolute atomic E-state index is 0.263. The van der Waals surface area contributed by atoms with Crippen LogP contribution < -0.4 is 10.6 Å². The van der Waals surface area contributed by atoms with Gasteiger partial charge in [0.15, 0.2) is 0 Å². The van der Waals surface area contributed by atoms with E-state index in [0.29, 0.717) is 6.04 Å². The number of hydrogen-bond donors (Lipinski definition) is 3. The third-order valence-corrected chi connectivity index (χ3v) is 1.83. The van der Waals surface area contributed by atoms with Crippen molar-refractivity contribution >= 4 is 5.97 Å². The Balaban J connectivity index is 2.09. The van der Waals surface area contributed by atoms with Crippen molar-refractivity contribution in [2.24, 2.45) is 0 Å². The second-order valence-electron chi connectivity index (χ2n) is 2.79. The molecule has 0 saturated carbocycles. The normalized spacial score (nSPS) is 24.9. The molecule has 0 aromatic heterocycles. The van der Waals surface area contributed by atoms with E-state index in [-0.39, 0.29) is 6.42 Å². The van der Waals surface area contributed by atoms with Crippen molar-refractivity contribution in [3.63, 3.8) is 0 Å². The zero-order chi connectivity index (χ0) is 8.10. The molecule has 3 N–H and O–H groups in total. The lowest BCUT2D eigenvalue weighted by atomic mass is 10.1. The number of piperazine rings is 1. The lowest BCUT2D eigenvalue weighted by Gasteiger charge is -2.23. The summed E-state index contributed by atoms with van der Waals surface area (Å²) in [6, 6.07) is 0.347. The number of aliphatic carboxylic acids is 1. The molecule has 1 aliphatic heterocycles. The molecule has 1 rings (SSSR count). The van der Waals surface area contributed by atoms with Gasteiger partial charge in [0, 0.05) is 32.1 Å². The highest BCUT2D eigenvalue weighted by atomic mass is 16.4. The van der Waals surface area contributed by atoms with Gasteiger partial charge < -0.3 is 15.7 Å². The third kappa shape index (κ3) is 3.34. The summed E-state index contributed by atoms with van der Waals surface area (Å²) in [5, 5.41) is 14.8. The lowest BCUT2D eigenvalue weighted by molar-refractivity contribution is -0.137. The summed E-state index contributed by atoms with van der Waals surface area (Å²) in [6.07, 6.45) is 0.988. The van der Waals surface area contributed by atoms with Crippen LogP contribution in [0.3, 0.4) is 0 Å². The van der Waals surface area contributed by atoms with Crippen LogP contribution in [-0.4, -0.2) is 36.8 Å². The first-order chi connectivity index (χ1) is 5.29. The molecule has 0 aliphatic carbocycles. The molecule has 1 atom stereocenters. The molecule has 0 bridgehead atoms. The van der Waals surface area contributed by atoms with Gasteiger partial charge >= 0.3 is 5.97 Å². The molecule has 0 radical (unpaired) electrons. The highest BCUT2D eigenvalue weighted by Crippen LogP contribution is 1.97. The summed E-state index contributed by atoms with van der Waals surface area (Å²) in [4.78, 5) is 10.2. The molecular weight excluding hydrogens is 144 g/mol. The summed E-state index contributed by atoms with van der Waals surface area (Å²) in [7, 11) is 0. The van der Waals surface area contributed by atoms with Crippen LogP contribution in [0.1, 0.15) is 12.8 Å². The van der Waals surface area contributed by atoms with E-state index in [1.807, 2.05) is 0 Å². The first-order valence-electron chi connectivity index (χ1n) is 3.95. The van der Waals surface area contributed by atoms with Crippen molar-refractivity contribution in [1.82, 2.24) is 10.6 Å². The highest BCUT2D eigenvalue weighted by Gasteiger charge is 2.12. The van der Waals surface area contributed by atoms with Crippen LogP contribution in [0.4, 0.5) is 0 Å². The van der Waals surface area contributed by atoms with E-state index >= 15 is 0 Å². The second-order valence-corrected chi connectivity index (χ2v) is 2.79. The van der Waals surface area contributed by atoms with Gasteiger partial charge in [-0.2, -0.15) is 0 Å². The fourth-order valence-corrected chi connectivity index (χ4v) is 1.21. The zero-order valence-corrected chi connectivity index (χ0v) is 6.47. The summed E-state index contributed by atoms with van der Waals surface area (Å²) in [5.41, 5.74) is 0. The Bertz CT molecular complexity index is 132. The Hall–Kier alpha value is -0.610. The van der Waals surface area contributed by atoms with Gasteiger partial charge in [-0.25, -0.2) is 0 Å². The van der Waals surface area contributed by atoms with Crippen molar-refractivity contribution in [2.45, 2.75) is 18.9 Å². The first kappa shape index (κ1) is 8.49. The molecular formula is C7H14N2O2. The van der Waals surface area contributed by atoms with Gasteiger partial charge in [0.1, 0.15) is 0 Å². The summed E-state index contributed by atoms with van der Waals surface area (Å²) in [6.45, 7) is 2.83. The van der Waals surface area contributed by atoms with E-state index in [0.717, 1.165) is 26.1 Å². The average molecular weight is 158 g/mol. The molecule has 0 unspecified atom stereocenters. The van der Waals surface area contributed by atoms with Gasteiger partial charge in [-0.1, -0.05) is 0 Å². The molecule has 0 aromatic carbocycles. The van der Waals surface area contributed by atoms with Crippen molar-refractivity contribution in [2.75, 3.05) is 19.6 Å². The fraction of sp³-hybridized carbons (Fsp3) is 0.857. The molecule has 64 valence electrons. The molecule has 1 heterocycles. The number of carboxylic acids is 1. The Morgan fingerprint density at radius 2 is 2.36 bits per heavy atom. The molecule has 4 nitrogen and oxygen atoms in total. The maximum absolute atomic E-state index is 10.2. The number of carbonyl (C=O) groups is 1. The van der Waals surface area contributed by atoms with Crippen molar-refractivity contribution in [3.05, 3.63) is 0 Å². The Morgan fingerprint density at radius 1 is 1.55 bits per heavy atom. The number of rotatable bonds is 3. The minimum atomic E-state index is -0.711. The van der Waals surface area contributed by atoms with Crippen LogP contribution in [-0.2, 0) is 4.79 Å². The summed E-state index contributed by atoms with van der Waals surface area (Å²) >= 11 is 0. The van der Waals surface area contributed by atoms with Gasteiger partial charge in [0.2, 0.25) is 0 Å². The molecule has 1 aliphatic rings. The Morgan fingerprint density at radius 3 is 2.91 bits per heavy atom. The molecule has 0 spiro atoms. The van der Waals surface area contributed by atoms with Crippen LogP contribution >= 0.6 is 0 Å². The smallest absolute Gasteiger partial charge is 0.303 e. The highest BCUT2D eigenvalue weighted by molar-refractivity contribution is 5.66. The quantitative estimate of drug-likeness (QED) is 0.514. The monoisotopic (exact) mass is 158 g/mol. The predicted octanol–water partition coefficient (Wildman–Crippen LogP) is -0.587. The van der Waals surface area contributed by atoms with E-state index in [1.54, 1.807) is 0 Å². The largest absolute Gasteiger partial charge is 0.481 e. The third-order valence-electron chi connectivity index (χ3n) is 1.83. The first-order valence-corrected chi connectivity index (χ1v) is 3.95. The topological polar surface area (TPSA) is 61.4 Å². The number of nitrogens with one attached hydrogen (secondary N) is 2. The molecule has 1 fully saturated rings. The predicted molar refractivity (Wildman–Crippen MR) is 41.5 cm³/mol. The molecule has 0 aromatic rings. The van der Waals surface area contributed by atoms with E-state index in [4.69, 9.17) is 5.11 Å². The molecule has 1 saturated heterocycles. The van der Waals surface area contributed by atoms with Crippen LogP contribution in [0.15, 0.2) is 0 Å². The Labute approximate surface area is 66.0 Å². The van der Waals surface area contributed by atoms with Crippen LogP contribution in [0.25, 0.3) is 0 Å². The van der Waals surface area contributed by atoms with E-state index in [9.17, 15) is 4.79 Å². The SMILES string of the molecule is O=C(O)CC[C@H]1CNCCN1. The second kappa shape index (κ2) is 4.31. The van der Waals surface area contributed by atoms with Gasteiger partial charge in [-0.3, -0.25) is 4.79 Å². The van der Waals surface area contributed by atoms with Crippen LogP contribution in [0, 0.1) is 0 Å². The summed E-state index contributed by atoms with van der Waals surface area (Å²) in [5.74, 6) is -0.711.